The lowest BCUT2D eigenvalue weighted by Gasteiger charge is -2.28. The largest absolute Gasteiger partial charge is 0.387 e. The molecule has 2 atom stereocenters. The van der Waals surface area contributed by atoms with Gasteiger partial charge in [-0.25, -0.2) is 8.78 Å². The van der Waals surface area contributed by atoms with Crippen molar-refractivity contribution in [2.24, 2.45) is 0 Å². The van der Waals surface area contributed by atoms with Crippen LogP contribution < -0.4 is 0 Å². The summed E-state index contributed by atoms with van der Waals surface area (Å²) in [5.74, 6) is -1.37. The molecule has 0 saturated heterocycles. The quantitative estimate of drug-likeness (QED) is 0.812. The van der Waals surface area contributed by atoms with Crippen molar-refractivity contribution in [3.63, 3.8) is 0 Å². The molecule has 2 unspecified atom stereocenters. The van der Waals surface area contributed by atoms with Crippen LogP contribution in [0.25, 0.3) is 0 Å². The molecule has 2 nitrogen and oxygen atoms in total. The van der Waals surface area contributed by atoms with E-state index in [4.69, 9.17) is 0 Å². The summed E-state index contributed by atoms with van der Waals surface area (Å²) in [6.07, 6.45) is -1.19. The Kier molecular flexibility index (Phi) is 3.42. The lowest BCUT2D eigenvalue weighted by Crippen LogP contribution is -2.32. The van der Waals surface area contributed by atoms with Gasteiger partial charge in [-0.05, 0) is 31.5 Å². The number of benzene rings is 1. The highest BCUT2D eigenvalue weighted by Gasteiger charge is 2.31. The van der Waals surface area contributed by atoms with Crippen LogP contribution in [-0.4, -0.2) is 15.8 Å². The second-order valence-electron chi connectivity index (χ2n) is 3.78. The number of halogens is 2. The van der Waals surface area contributed by atoms with Crippen LogP contribution in [0.5, 0.6) is 0 Å². The zero-order valence-electron chi connectivity index (χ0n) is 8.67. The molecule has 0 fully saturated rings. The first-order chi connectivity index (χ1) is 6.88. The van der Waals surface area contributed by atoms with Crippen molar-refractivity contribution in [2.75, 3.05) is 0 Å². The molecule has 1 aromatic rings. The van der Waals surface area contributed by atoms with Crippen LogP contribution in [0.15, 0.2) is 18.2 Å². The van der Waals surface area contributed by atoms with Gasteiger partial charge in [0, 0.05) is 5.56 Å². The summed E-state index contributed by atoms with van der Waals surface area (Å²) in [7, 11) is 0. The predicted octanol–water partition coefficient (Wildman–Crippen LogP) is 2.16. The fourth-order valence-electron chi connectivity index (χ4n) is 1.25. The second-order valence-corrected chi connectivity index (χ2v) is 3.78. The van der Waals surface area contributed by atoms with E-state index in [0.29, 0.717) is 0 Å². The Morgan fingerprint density at radius 2 is 2.00 bits per heavy atom. The van der Waals surface area contributed by atoms with E-state index >= 15 is 0 Å². The lowest BCUT2D eigenvalue weighted by atomic mass is 9.90. The maximum absolute atomic E-state index is 13.2. The van der Waals surface area contributed by atoms with Crippen molar-refractivity contribution in [3.8, 4) is 0 Å². The minimum Gasteiger partial charge on any atom is -0.387 e. The molecule has 84 valence electrons. The van der Waals surface area contributed by atoms with Gasteiger partial charge in [0.1, 0.15) is 17.7 Å². The third kappa shape index (κ3) is 2.52. The number of rotatable bonds is 3. The molecule has 0 aromatic heterocycles. The van der Waals surface area contributed by atoms with E-state index in [2.05, 4.69) is 0 Å². The number of hydrogen-bond donors (Lipinski definition) is 2. The summed E-state index contributed by atoms with van der Waals surface area (Å²) < 4.78 is 26.1. The lowest BCUT2D eigenvalue weighted by molar-refractivity contribution is -0.0674. The van der Waals surface area contributed by atoms with Gasteiger partial charge in [0.15, 0.2) is 0 Å². The Balaban J connectivity index is 3.10. The summed E-state index contributed by atoms with van der Waals surface area (Å²) in [5.41, 5.74) is -1.68. The number of aliphatic hydroxyl groups excluding tert-OH is 1. The maximum Gasteiger partial charge on any atom is 0.129 e. The SMILES string of the molecule is CCC(C)(O)C(O)c1cc(F)ccc1F. The fraction of sp³-hybridized carbons (Fsp3) is 0.455. The Morgan fingerprint density at radius 3 is 2.53 bits per heavy atom. The normalized spacial score (nSPS) is 17.2. The van der Waals surface area contributed by atoms with Gasteiger partial charge in [-0.2, -0.15) is 0 Å². The highest BCUT2D eigenvalue weighted by molar-refractivity contribution is 5.23. The molecule has 15 heavy (non-hydrogen) atoms. The summed E-state index contributed by atoms with van der Waals surface area (Å²) in [6, 6.07) is 2.79. The van der Waals surface area contributed by atoms with Crippen LogP contribution in [0.3, 0.4) is 0 Å². The second kappa shape index (κ2) is 4.24. The highest BCUT2D eigenvalue weighted by atomic mass is 19.1. The molecule has 0 aliphatic carbocycles. The molecular weight excluding hydrogens is 202 g/mol. The molecule has 1 aromatic carbocycles. The van der Waals surface area contributed by atoms with Crippen LogP contribution in [-0.2, 0) is 0 Å². The first-order valence-corrected chi connectivity index (χ1v) is 4.74. The zero-order chi connectivity index (χ0) is 11.6. The fourth-order valence-corrected chi connectivity index (χ4v) is 1.25. The van der Waals surface area contributed by atoms with Crippen LogP contribution in [0.2, 0.25) is 0 Å². The molecule has 4 heteroatoms. The Labute approximate surface area is 87.2 Å². The minimum atomic E-state index is -1.46. The smallest absolute Gasteiger partial charge is 0.129 e. The average molecular weight is 216 g/mol. The van der Waals surface area contributed by atoms with E-state index in [9.17, 15) is 19.0 Å². The Hall–Kier alpha value is -1.00. The van der Waals surface area contributed by atoms with E-state index < -0.39 is 23.3 Å². The Morgan fingerprint density at radius 1 is 1.40 bits per heavy atom. The molecule has 0 bridgehead atoms. The molecule has 0 aliphatic rings. The van der Waals surface area contributed by atoms with Gasteiger partial charge in [0.05, 0.1) is 5.60 Å². The molecule has 1 rings (SSSR count). The molecule has 0 radical (unpaired) electrons. The van der Waals surface area contributed by atoms with Gasteiger partial charge < -0.3 is 10.2 Å². The first kappa shape index (κ1) is 12.1. The van der Waals surface area contributed by atoms with E-state index in [1.807, 2.05) is 0 Å². The minimum absolute atomic E-state index is 0.221. The third-order valence-corrected chi connectivity index (χ3v) is 2.56. The standard InChI is InChI=1S/C11H14F2O2/c1-3-11(2,15)10(14)8-6-7(12)4-5-9(8)13/h4-6,10,14-15H,3H2,1-2H3. The molecule has 0 amide bonds. The molecular formula is C11H14F2O2. The van der Waals surface area contributed by atoms with Crippen molar-refractivity contribution >= 4 is 0 Å². The van der Waals surface area contributed by atoms with Crippen molar-refractivity contribution in [2.45, 2.75) is 32.0 Å². The predicted molar refractivity (Wildman–Crippen MR) is 52.2 cm³/mol. The third-order valence-electron chi connectivity index (χ3n) is 2.56. The number of hydrogen-bond acceptors (Lipinski definition) is 2. The van der Waals surface area contributed by atoms with Gasteiger partial charge >= 0.3 is 0 Å². The summed E-state index contributed by atoms with van der Waals surface area (Å²) in [5, 5.41) is 19.4. The van der Waals surface area contributed by atoms with Crippen LogP contribution >= 0.6 is 0 Å². The van der Waals surface area contributed by atoms with Gasteiger partial charge in [0.2, 0.25) is 0 Å². The average Bonchev–Trinajstić information content (AvgIpc) is 2.20. The van der Waals surface area contributed by atoms with Gasteiger partial charge in [-0.3, -0.25) is 0 Å². The molecule has 2 N–H and O–H groups in total. The molecule has 0 saturated carbocycles. The molecule has 0 heterocycles. The van der Waals surface area contributed by atoms with Crippen molar-refractivity contribution < 1.29 is 19.0 Å². The van der Waals surface area contributed by atoms with E-state index in [1.165, 1.54) is 6.92 Å². The highest BCUT2D eigenvalue weighted by Crippen LogP contribution is 2.30. The van der Waals surface area contributed by atoms with Crippen molar-refractivity contribution in [3.05, 3.63) is 35.4 Å². The molecule has 0 aliphatic heterocycles. The van der Waals surface area contributed by atoms with Gasteiger partial charge in [-0.1, -0.05) is 6.92 Å². The van der Waals surface area contributed by atoms with Gasteiger partial charge in [0.25, 0.3) is 0 Å². The van der Waals surface area contributed by atoms with Crippen molar-refractivity contribution in [1.82, 2.24) is 0 Å². The number of aliphatic hydroxyl groups is 2. The van der Waals surface area contributed by atoms with E-state index in [0.717, 1.165) is 18.2 Å². The van der Waals surface area contributed by atoms with Crippen LogP contribution in [0.4, 0.5) is 8.78 Å². The van der Waals surface area contributed by atoms with Gasteiger partial charge in [-0.15, -0.1) is 0 Å². The topological polar surface area (TPSA) is 40.5 Å². The van der Waals surface area contributed by atoms with Crippen LogP contribution in [0, 0.1) is 11.6 Å². The first-order valence-electron chi connectivity index (χ1n) is 4.74. The van der Waals surface area contributed by atoms with Crippen LogP contribution in [0.1, 0.15) is 31.9 Å². The Bertz CT molecular complexity index is 350. The monoisotopic (exact) mass is 216 g/mol. The zero-order valence-corrected chi connectivity index (χ0v) is 8.67. The van der Waals surface area contributed by atoms with Crippen molar-refractivity contribution in [1.29, 1.82) is 0 Å². The molecule has 0 spiro atoms. The van der Waals surface area contributed by atoms with E-state index in [1.54, 1.807) is 6.92 Å². The van der Waals surface area contributed by atoms with E-state index in [-0.39, 0.29) is 12.0 Å². The maximum atomic E-state index is 13.2. The summed E-state index contributed by atoms with van der Waals surface area (Å²) >= 11 is 0. The summed E-state index contributed by atoms with van der Waals surface area (Å²) in [6.45, 7) is 3.03. The summed E-state index contributed by atoms with van der Waals surface area (Å²) in [4.78, 5) is 0.